The summed E-state index contributed by atoms with van der Waals surface area (Å²) in [4.78, 5) is 37.8. The number of carbonyl (C=O) groups is 2. The van der Waals surface area contributed by atoms with Gasteiger partial charge in [0.2, 0.25) is 5.91 Å². The Balaban J connectivity index is 5.09. The normalized spacial score (nSPS) is 14.0. The molecule has 3 atom stereocenters. The number of allylic oxidation sites excluding steroid dienone is 11. The molecule has 0 aromatic heterocycles. The van der Waals surface area contributed by atoms with Crippen LogP contribution in [-0.4, -0.2) is 74.3 Å². The molecule has 0 fully saturated rings. The Labute approximate surface area is 502 Å². The molecular formula is C71H132N2O7P+. The van der Waals surface area contributed by atoms with Gasteiger partial charge in [0.05, 0.1) is 33.8 Å². The van der Waals surface area contributed by atoms with Gasteiger partial charge in [-0.05, 0) is 102 Å². The van der Waals surface area contributed by atoms with E-state index in [0.717, 1.165) is 77.0 Å². The van der Waals surface area contributed by atoms with Crippen LogP contribution in [0.2, 0.25) is 0 Å². The molecule has 0 aromatic carbocycles. The van der Waals surface area contributed by atoms with Crippen LogP contribution >= 0.6 is 7.82 Å². The van der Waals surface area contributed by atoms with E-state index >= 15 is 0 Å². The highest BCUT2D eigenvalue weighted by Crippen LogP contribution is 2.43. The first-order valence-corrected chi connectivity index (χ1v) is 35.8. The van der Waals surface area contributed by atoms with Crippen molar-refractivity contribution in [1.82, 2.24) is 5.32 Å². The number of unbranched alkanes of at least 4 members (excludes halogenated alkanes) is 36. The van der Waals surface area contributed by atoms with Crippen molar-refractivity contribution >= 4 is 19.7 Å². The van der Waals surface area contributed by atoms with E-state index in [0.29, 0.717) is 17.4 Å². The average molecular weight is 1160 g/mol. The summed E-state index contributed by atoms with van der Waals surface area (Å²) in [6, 6.07) is -0.854. The fourth-order valence-corrected chi connectivity index (χ4v) is 10.5. The van der Waals surface area contributed by atoms with Crippen LogP contribution < -0.4 is 5.32 Å². The van der Waals surface area contributed by atoms with E-state index in [1.165, 1.54) is 205 Å². The van der Waals surface area contributed by atoms with Gasteiger partial charge in [-0.1, -0.05) is 274 Å². The molecule has 10 heteroatoms. The molecule has 2 N–H and O–H groups in total. The largest absolute Gasteiger partial charge is 0.472 e. The molecule has 472 valence electrons. The monoisotopic (exact) mass is 1160 g/mol. The van der Waals surface area contributed by atoms with Crippen molar-refractivity contribution < 1.29 is 37.3 Å². The minimum absolute atomic E-state index is 0.0376. The number of rotatable bonds is 62. The minimum atomic E-state index is -4.45. The zero-order valence-corrected chi connectivity index (χ0v) is 54.9. The first-order chi connectivity index (χ1) is 39.4. The third-order valence-corrected chi connectivity index (χ3v) is 16.1. The number of phosphoric acid groups is 1. The number of quaternary nitrogens is 1. The van der Waals surface area contributed by atoms with Gasteiger partial charge >= 0.3 is 13.8 Å². The molecule has 0 spiro atoms. The molecule has 0 bridgehead atoms. The number of nitrogens with one attached hydrogen (secondary N) is 1. The van der Waals surface area contributed by atoms with Gasteiger partial charge in [0.25, 0.3) is 0 Å². The number of phosphoric ester groups is 1. The quantitative estimate of drug-likeness (QED) is 0.0205. The first kappa shape index (κ1) is 78.5. The van der Waals surface area contributed by atoms with E-state index in [1.807, 2.05) is 33.3 Å². The van der Waals surface area contributed by atoms with Gasteiger partial charge in [-0.3, -0.25) is 18.6 Å². The van der Waals surface area contributed by atoms with Crippen LogP contribution in [0, 0.1) is 0 Å². The first-order valence-electron chi connectivity index (χ1n) is 34.3. The molecule has 0 aliphatic carbocycles. The molecule has 0 heterocycles. The van der Waals surface area contributed by atoms with Crippen molar-refractivity contribution in [3.63, 3.8) is 0 Å². The maximum absolute atomic E-state index is 13.6. The molecule has 0 rings (SSSR count). The molecule has 0 aliphatic rings. The average Bonchev–Trinajstić information content (AvgIpc) is 3.43. The molecule has 1 amide bonds. The van der Waals surface area contributed by atoms with Crippen LogP contribution in [-0.2, 0) is 27.9 Å². The Morgan fingerprint density at radius 2 is 0.753 bits per heavy atom. The number of ether oxygens (including phenoxy) is 1. The summed E-state index contributed by atoms with van der Waals surface area (Å²) < 4.78 is 30.8. The lowest BCUT2D eigenvalue weighted by Gasteiger charge is -2.27. The molecule has 0 aliphatic heterocycles. The summed E-state index contributed by atoms with van der Waals surface area (Å²) in [7, 11) is 1.49. The fourth-order valence-electron chi connectivity index (χ4n) is 9.80. The molecule has 0 saturated carbocycles. The zero-order valence-electron chi connectivity index (χ0n) is 54.0. The van der Waals surface area contributed by atoms with Crippen LogP contribution in [0.4, 0.5) is 0 Å². The highest BCUT2D eigenvalue weighted by atomic mass is 31.2. The van der Waals surface area contributed by atoms with Crippen molar-refractivity contribution in [2.45, 2.75) is 328 Å². The maximum atomic E-state index is 13.6. The highest BCUT2D eigenvalue weighted by molar-refractivity contribution is 7.47. The minimum Gasteiger partial charge on any atom is -0.456 e. The van der Waals surface area contributed by atoms with Crippen molar-refractivity contribution in [1.29, 1.82) is 0 Å². The summed E-state index contributed by atoms with van der Waals surface area (Å²) in [5.41, 5.74) is 0. The molecule has 3 unspecified atom stereocenters. The van der Waals surface area contributed by atoms with E-state index in [4.69, 9.17) is 13.8 Å². The lowest BCUT2D eigenvalue weighted by atomic mass is 10.0. The topological polar surface area (TPSA) is 111 Å². The van der Waals surface area contributed by atoms with Crippen LogP contribution in [0.25, 0.3) is 0 Å². The number of likely N-dealkylation sites (N-methyl/N-ethyl adjacent to an activating group) is 1. The summed E-state index contributed by atoms with van der Waals surface area (Å²) in [5.74, 6) is -0.505. The molecule has 81 heavy (non-hydrogen) atoms. The van der Waals surface area contributed by atoms with Crippen molar-refractivity contribution in [3.05, 3.63) is 72.9 Å². The van der Waals surface area contributed by atoms with Crippen LogP contribution in [0.3, 0.4) is 0 Å². The Kier molecular flexibility index (Phi) is 58.7. The smallest absolute Gasteiger partial charge is 0.456 e. The number of amides is 1. The van der Waals surface area contributed by atoms with E-state index in [9.17, 15) is 19.0 Å². The van der Waals surface area contributed by atoms with Gasteiger partial charge in [-0.15, -0.1) is 0 Å². The summed E-state index contributed by atoms with van der Waals surface area (Å²) in [6.07, 6.45) is 79.0. The predicted molar refractivity (Wildman–Crippen MR) is 351 cm³/mol. The molecule has 9 nitrogen and oxygen atoms in total. The van der Waals surface area contributed by atoms with Gasteiger partial charge < -0.3 is 19.4 Å². The summed E-state index contributed by atoms with van der Waals surface area (Å²) in [5, 5.41) is 3.06. The number of carbonyl (C=O) groups excluding carboxylic acids is 2. The standard InChI is InChI=1S/C71H131N2O7P/c1-7-10-13-16-19-22-25-27-29-31-33-35-36-38-39-41-43-45-48-51-54-57-60-63-70(74)72-68(67-79-81(76,77)78-66-65-73(4,5)6)69(62-59-56-53-50-47-24-21-18-15-12-9-3)80-71(75)64-61-58-55-52-49-46-44-42-40-37-34-32-30-28-26-23-20-17-14-11-8-2/h19-20,22-23,27-30,33,35,59,62,68-69H,7-18,21,24-26,31-32,34,36-58,60-61,63-67H2,1-6H3,(H-,72,74,76,77)/p+1/b22-19-,23-20-,29-27-,30-28-,35-33-,62-59+. The third-order valence-electron chi connectivity index (χ3n) is 15.1. The van der Waals surface area contributed by atoms with Gasteiger partial charge in [0.15, 0.2) is 0 Å². The van der Waals surface area contributed by atoms with Gasteiger partial charge in [0.1, 0.15) is 19.3 Å². The van der Waals surface area contributed by atoms with Crippen LogP contribution in [0.15, 0.2) is 72.9 Å². The van der Waals surface area contributed by atoms with Crippen molar-refractivity contribution in [2.24, 2.45) is 0 Å². The van der Waals surface area contributed by atoms with Gasteiger partial charge in [0, 0.05) is 12.8 Å². The summed E-state index contributed by atoms with van der Waals surface area (Å²) >= 11 is 0. The molecule has 0 aromatic rings. The number of hydrogen-bond acceptors (Lipinski definition) is 6. The van der Waals surface area contributed by atoms with Gasteiger partial charge in [-0.25, -0.2) is 4.57 Å². The summed E-state index contributed by atoms with van der Waals surface area (Å²) in [6.45, 7) is 6.98. The lowest BCUT2D eigenvalue weighted by Crippen LogP contribution is -2.47. The second-order valence-electron chi connectivity index (χ2n) is 24.3. The SMILES string of the molecule is CCCCC/C=C\C/C=C\C/C=C\CCCCCCCCCCCCC(=O)NC(COP(=O)(O)OCC[N+](C)(C)C)C(/C=C/CCCCCCCCCCC)OC(=O)CCCCCCCCCCCCC/C=C\C/C=C\CCCCC. The fraction of sp³-hybridized carbons (Fsp3) is 0.803. The number of esters is 1. The Hall–Kier alpha value is -2.55. The molecule has 0 saturated heterocycles. The Morgan fingerprint density at radius 1 is 0.432 bits per heavy atom. The highest BCUT2D eigenvalue weighted by Gasteiger charge is 2.30. The van der Waals surface area contributed by atoms with Crippen LogP contribution in [0.1, 0.15) is 316 Å². The Morgan fingerprint density at radius 3 is 1.15 bits per heavy atom. The molecular weight excluding hydrogens is 1020 g/mol. The van der Waals surface area contributed by atoms with E-state index < -0.39 is 20.0 Å². The number of hydrogen-bond donors (Lipinski definition) is 2. The van der Waals surface area contributed by atoms with E-state index in [1.54, 1.807) is 0 Å². The van der Waals surface area contributed by atoms with Crippen molar-refractivity contribution in [3.8, 4) is 0 Å². The maximum Gasteiger partial charge on any atom is 0.472 e. The molecule has 0 radical (unpaired) electrons. The third kappa shape index (κ3) is 61.8. The van der Waals surface area contributed by atoms with E-state index in [2.05, 4.69) is 86.8 Å². The van der Waals surface area contributed by atoms with Crippen LogP contribution in [0.5, 0.6) is 0 Å². The van der Waals surface area contributed by atoms with Crippen molar-refractivity contribution in [2.75, 3.05) is 40.9 Å². The van der Waals surface area contributed by atoms with E-state index in [-0.39, 0.29) is 31.5 Å². The lowest BCUT2D eigenvalue weighted by molar-refractivity contribution is -0.870. The number of nitrogens with zero attached hydrogens (tertiary/aromatic N) is 1. The van der Waals surface area contributed by atoms with Gasteiger partial charge in [-0.2, -0.15) is 0 Å². The predicted octanol–water partition coefficient (Wildman–Crippen LogP) is 21.6. The second-order valence-corrected chi connectivity index (χ2v) is 25.8. The Bertz CT molecular complexity index is 1620. The second kappa shape index (κ2) is 60.6. The zero-order chi connectivity index (χ0) is 59.3.